The fourth-order valence-corrected chi connectivity index (χ4v) is 4.53. The van der Waals surface area contributed by atoms with Crippen LogP contribution in [0.2, 0.25) is 5.02 Å². The predicted molar refractivity (Wildman–Crippen MR) is 171 cm³/mol. The normalized spacial score (nSPS) is 10.3. The molecule has 0 bridgehead atoms. The molecule has 0 atom stereocenters. The van der Waals surface area contributed by atoms with E-state index in [-0.39, 0.29) is 12.0 Å². The number of carbonyl (C=O) groups excluding carboxylic acids is 1. The summed E-state index contributed by atoms with van der Waals surface area (Å²) in [5.41, 5.74) is 5.44. The molecule has 0 aliphatic heterocycles. The maximum Gasteiger partial charge on any atom is 0.341 e. The van der Waals surface area contributed by atoms with E-state index in [4.69, 9.17) is 26.2 Å². The zero-order valence-corrected chi connectivity index (χ0v) is 26.6. The number of amides is 1. The number of aryl methyl sites for hydroxylation is 1. The minimum atomic E-state index is -1.04. The number of fused-ring (bicyclic) bond motifs is 1. The molecule has 1 amide bonds. The van der Waals surface area contributed by atoms with Crippen molar-refractivity contribution in [3.8, 4) is 11.5 Å². The monoisotopic (exact) mass is 594 g/mol. The molecule has 8 heteroatoms. The second-order valence-electron chi connectivity index (χ2n) is 9.46. The Balaban J connectivity index is 0.00000148. The van der Waals surface area contributed by atoms with Crippen LogP contribution in [-0.4, -0.2) is 34.3 Å². The molecule has 2 N–H and O–H groups in total. The SMILES string of the molecule is CC.CC.Cc1c(C)n(Cc2cc(OCC(=O)O)ccc2Cl)c2ccc(C(=O)NCc3cccc(OC(C)C)c3)cc12. The first-order valence-corrected chi connectivity index (χ1v) is 14.8. The Labute approximate surface area is 254 Å². The van der Waals surface area contributed by atoms with Gasteiger partial charge in [-0.25, -0.2) is 4.79 Å². The highest BCUT2D eigenvalue weighted by molar-refractivity contribution is 6.31. The van der Waals surface area contributed by atoms with Crippen LogP contribution < -0.4 is 14.8 Å². The Morgan fingerprint density at radius 2 is 1.67 bits per heavy atom. The second-order valence-corrected chi connectivity index (χ2v) is 9.87. The third-order valence-corrected chi connectivity index (χ3v) is 6.70. The van der Waals surface area contributed by atoms with Gasteiger partial charge in [0.25, 0.3) is 5.91 Å². The van der Waals surface area contributed by atoms with E-state index in [1.807, 2.05) is 97.9 Å². The first kappa shape index (κ1) is 34.2. The molecule has 0 aliphatic rings. The van der Waals surface area contributed by atoms with Crippen LogP contribution in [-0.2, 0) is 17.9 Å². The molecule has 3 aromatic carbocycles. The molecule has 0 unspecified atom stereocenters. The average Bonchev–Trinajstić information content (AvgIpc) is 3.22. The van der Waals surface area contributed by atoms with Crippen LogP contribution in [0.15, 0.2) is 60.7 Å². The molecule has 0 spiro atoms. The van der Waals surface area contributed by atoms with Crippen LogP contribution in [0.25, 0.3) is 10.9 Å². The summed E-state index contributed by atoms with van der Waals surface area (Å²) in [5.74, 6) is 0.0219. The Morgan fingerprint density at radius 1 is 0.952 bits per heavy atom. The number of aliphatic carboxylic acids is 1. The van der Waals surface area contributed by atoms with Crippen molar-refractivity contribution in [3.05, 3.63) is 93.6 Å². The van der Waals surface area contributed by atoms with Crippen molar-refractivity contribution in [1.82, 2.24) is 9.88 Å². The lowest BCUT2D eigenvalue weighted by Gasteiger charge is -2.13. The van der Waals surface area contributed by atoms with E-state index in [2.05, 4.69) is 9.88 Å². The van der Waals surface area contributed by atoms with Gasteiger partial charge >= 0.3 is 5.97 Å². The van der Waals surface area contributed by atoms with Crippen molar-refractivity contribution >= 4 is 34.4 Å². The van der Waals surface area contributed by atoms with Gasteiger partial charge in [-0.2, -0.15) is 0 Å². The van der Waals surface area contributed by atoms with E-state index < -0.39 is 12.6 Å². The van der Waals surface area contributed by atoms with Gasteiger partial charge in [-0.15, -0.1) is 0 Å². The van der Waals surface area contributed by atoms with E-state index in [0.717, 1.165) is 39.0 Å². The molecule has 1 heterocycles. The average molecular weight is 595 g/mol. The maximum absolute atomic E-state index is 13.0. The number of halogens is 1. The zero-order chi connectivity index (χ0) is 31.4. The molecule has 1 aromatic heterocycles. The molecule has 0 aliphatic carbocycles. The van der Waals surface area contributed by atoms with Gasteiger partial charge in [-0.3, -0.25) is 4.79 Å². The summed E-state index contributed by atoms with van der Waals surface area (Å²) in [6, 6.07) is 18.5. The number of nitrogens with zero attached hydrogens (tertiary/aromatic N) is 1. The lowest BCUT2D eigenvalue weighted by Crippen LogP contribution is -2.22. The Hall–Kier alpha value is -3.97. The van der Waals surface area contributed by atoms with E-state index in [0.29, 0.717) is 29.4 Å². The third kappa shape index (κ3) is 9.02. The van der Waals surface area contributed by atoms with Gasteiger partial charge in [0, 0.05) is 40.3 Å². The van der Waals surface area contributed by atoms with Gasteiger partial charge in [0.1, 0.15) is 11.5 Å². The summed E-state index contributed by atoms with van der Waals surface area (Å²) in [5, 5.41) is 13.4. The summed E-state index contributed by atoms with van der Waals surface area (Å²) in [4.78, 5) is 23.8. The van der Waals surface area contributed by atoms with E-state index in [1.165, 1.54) is 0 Å². The number of nitrogens with one attached hydrogen (secondary N) is 1. The molecule has 0 saturated heterocycles. The maximum atomic E-state index is 13.0. The summed E-state index contributed by atoms with van der Waals surface area (Å²) < 4.78 is 13.2. The molecule has 0 fully saturated rings. The van der Waals surface area contributed by atoms with Crippen molar-refractivity contribution < 1.29 is 24.2 Å². The number of carboxylic acid groups (broad SMARTS) is 1. The lowest BCUT2D eigenvalue weighted by molar-refractivity contribution is -0.139. The molecule has 42 heavy (non-hydrogen) atoms. The molecular weight excluding hydrogens is 552 g/mol. The molecule has 226 valence electrons. The van der Waals surface area contributed by atoms with Crippen LogP contribution in [0.4, 0.5) is 0 Å². The molecule has 7 nitrogen and oxygen atoms in total. The molecule has 0 radical (unpaired) electrons. The Bertz CT molecular complexity index is 1490. The molecule has 4 rings (SSSR count). The Kier molecular flexibility index (Phi) is 13.4. The largest absolute Gasteiger partial charge is 0.491 e. The summed E-state index contributed by atoms with van der Waals surface area (Å²) in [6.45, 7) is 16.5. The fourth-order valence-electron chi connectivity index (χ4n) is 4.36. The number of benzene rings is 3. The minimum absolute atomic E-state index is 0.0795. The number of hydrogen-bond donors (Lipinski definition) is 2. The topological polar surface area (TPSA) is 89.8 Å². The van der Waals surface area contributed by atoms with Crippen LogP contribution in [0.3, 0.4) is 0 Å². The highest BCUT2D eigenvalue weighted by Gasteiger charge is 2.16. The minimum Gasteiger partial charge on any atom is -0.491 e. The lowest BCUT2D eigenvalue weighted by atomic mass is 10.1. The third-order valence-electron chi connectivity index (χ3n) is 6.33. The number of ether oxygens (including phenoxy) is 2. The van der Waals surface area contributed by atoms with Crippen molar-refractivity contribution in [3.63, 3.8) is 0 Å². The van der Waals surface area contributed by atoms with Crippen LogP contribution in [0.1, 0.15) is 74.3 Å². The van der Waals surface area contributed by atoms with Crippen LogP contribution in [0.5, 0.6) is 11.5 Å². The van der Waals surface area contributed by atoms with E-state index in [1.54, 1.807) is 18.2 Å². The first-order valence-electron chi connectivity index (χ1n) is 14.4. The van der Waals surface area contributed by atoms with Gasteiger partial charge in [-0.1, -0.05) is 51.4 Å². The van der Waals surface area contributed by atoms with Gasteiger partial charge in [0.2, 0.25) is 0 Å². The predicted octanol–water partition coefficient (Wildman–Crippen LogP) is 8.19. The number of rotatable bonds is 10. The zero-order valence-electron chi connectivity index (χ0n) is 25.9. The van der Waals surface area contributed by atoms with Gasteiger partial charge in [0.05, 0.1) is 6.10 Å². The van der Waals surface area contributed by atoms with E-state index >= 15 is 0 Å². The van der Waals surface area contributed by atoms with Gasteiger partial charge in [-0.05, 0) is 92.9 Å². The molecule has 4 aromatic rings. The van der Waals surface area contributed by atoms with Gasteiger partial charge in [0.15, 0.2) is 6.61 Å². The summed E-state index contributed by atoms with van der Waals surface area (Å²) in [6.07, 6.45) is 0.0795. The Morgan fingerprint density at radius 3 is 2.33 bits per heavy atom. The van der Waals surface area contributed by atoms with Gasteiger partial charge < -0.3 is 24.5 Å². The smallest absolute Gasteiger partial charge is 0.341 e. The summed E-state index contributed by atoms with van der Waals surface area (Å²) >= 11 is 6.46. The fraction of sp³-hybridized carbons (Fsp3) is 0.353. The number of hydrogen-bond acceptors (Lipinski definition) is 4. The van der Waals surface area contributed by atoms with Crippen molar-refractivity contribution in [2.45, 2.75) is 74.6 Å². The first-order chi connectivity index (χ1) is 20.1. The van der Waals surface area contributed by atoms with Crippen LogP contribution >= 0.6 is 11.6 Å². The van der Waals surface area contributed by atoms with Crippen molar-refractivity contribution in [1.29, 1.82) is 0 Å². The molecular formula is C34H43ClN2O5. The van der Waals surface area contributed by atoms with Crippen molar-refractivity contribution in [2.75, 3.05) is 6.61 Å². The summed E-state index contributed by atoms with van der Waals surface area (Å²) in [7, 11) is 0. The quantitative estimate of drug-likeness (QED) is 0.193. The van der Waals surface area contributed by atoms with Crippen molar-refractivity contribution in [2.24, 2.45) is 0 Å². The molecule has 0 saturated carbocycles. The number of aromatic nitrogens is 1. The highest BCUT2D eigenvalue weighted by Crippen LogP contribution is 2.30. The van der Waals surface area contributed by atoms with Crippen LogP contribution in [0, 0.1) is 13.8 Å². The second kappa shape index (κ2) is 16.5. The van der Waals surface area contributed by atoms with E-state index in [9.17, 15) is 9.59 Å². The highest BCUT2D eigenvalue weighted by atomic mass is 35.5. The number of carboxylic acids is 1. The standard InChI is InChI=1S/C30H31ClN2O5.2C2H6/c1-18(2)38-25-7-5-6-21(12-25)15-32-30(36)22-8-11-28-26(14-22)19(3)20(4)33(28)16-23-13-24(9-10-27(23)31)37-17-29(34)35;2*1-2/h5-14,18H,15-17H2,1-4H3,(H,32,36)(H,34,35);2*1-2H3. The number of carbonyl (C=O) groups is 2.